The number of morpholine rings is 1. The lowest BCUT2D eigenvalue weighted by Gasteiger charge is -2.33. The summed E-state index contributed by atoms with van der Waals surface area (Å²) in [5.41, 5.74) is 0. The van der Waals surface area contributed by atoms with Gasteiger partial charge in [-0.15, -0.1) is 0 Å². The van der Waals surface area contributed by atoms with Crippen molar-refractivity contribution >= 4 is 11.9 Å². The molecule has 1 aliphatic rings. The van der Waals surface area contributed by atoms with E-state index in [1.165, 1.54) is 4.90 Å². The van der Waals surface area contributed by atoms with E-state index in [-0.39, 0.29) is 12.5 Å². The highest BCUT2D eigenvalue weighted by Crippen LogP contribution is 2.14. The second kappa shape index (κ2) is 5.84. The largest absolute Gasteiger partial charge is 0.480 e. The molecule has 0 saturated carbocycles. The smallest absolute Gasteiger partial charge is 0.328 e. The van der Waals surface area contributed by atoms with Crippen molar-refractivity contribution < 1.29 is 19.4 Å². The number of hydrogen-bond donors (Lipinski definition) is 1. The Bertz CT molecular complexity index is 267. The fourth-order valence-corrected chi connectivity index (χ4v) is 1.67. The molecule has 0 aliphatic carbocycles. The molecule has 2 atom stereocenters. The van der Waals surface area contributed by atoms with Crippen molar-refractivity contribution in [2.45, 2.75) is 32.7 Å². The van der Waals surface area contributed by atoms with Gasteiger partial charge < -0.3 is 14.7 Å². The molecule has 0 bridgehead atoms. The molecule has 1 saturated heterocycles. The third kappa shape index (κ3) is 3.20. The van der Waals surface area contributed by atoms with Crippen molar-refractivity contribution in [3.05, 3.63) is 0 Å². The van der Waals surface area contributed by atoms with Gasteiger partial charge in [0.25, 0.3) is 0 Å². The fraction of sp³-hybridized carbons (Fsp3) is 0.818. The molecule has 0 aromatic heterocycles. The van der Waals surface area contributed by atoms with Crippen LogP contribution < -0.4 is 0 Å². The van der Waals surface area contributed by atoms with E-state index >= 15 is 0 Å². The molecule has 92 valence electrons. The summed E-state index contributed by atoms with van der Waals surface area (Å²) < 4.78 is 5.08. The van der Waals surface area contributed by atoms with Gasteiger partial charge in [-0.25, -0.2) is 4.79 Å². The Hall–Kier alpha value is -1.10. The minimum Gasteiger partial charge on any atom is -0.480 e. The van der Waals surface area contributed by atoms with Crippen LogP contribution in [-0.4, -0.2) is 47.7 Å². The number of carbonyl (C=O) groups excluding carboxylic acids is 1. The monoisotopic (exact) mass is 229 g/mol. The minimum atomic E-state index is -0.989. The number of ether oxygens (including phenoxy) is 1. The molecule has 1 fully saturated rings. The lowest BCUT2D eigenvalue weighted by Crippen LogP contribution is -2.52. The minimum absolute atomic E-state index is 0.0787. The first-order chi connectivity index (χ1) is 7.56. The third-order valence-electron chi connectivity index (χ3n) is 2.95. The Morgan fingerprint density at radius 1 is 1.56 bits per heavy atom. The van der Waals surface area contributed by atoms with E-state index < -0.39 is 12.0 Å². The molecule has 1 rings (SSSR count). The molecule has 1 aliphatic heterocycles. The van der Waals surface area contributed by atoms with Crippen LogP contribution >= 0.6 is 0 Å². The molecule has 1 amide bonds. The summed E-state index contributed by atoms with van der Waals surface area (Å²) >= 11 is 0. The van der Waals surface area contributed by atoms with Crippen molar-refractivity contribution in [1.82, 2.24) is 4.90 Å². The van der Waals surface area contributed by atoms with E-state index in [9.17, 15) is 9.59 Å². The molecule has 0 radical (unpaired) electrons. The summed E-state index contributed by atoms with van der Waals surface area (Å²) in [6, 6.07) is -0.815. The molecule has 5 nitrogen and oxygen atoms in total. The van der Waals surface area contributed by atoms with Crippen molar-refractivity contribution in [2.24, 2.45) is 5.92 Å². The van der Waals surface area contributed by atoms with Gasteiger partial charge in [-0.05, 0) is 5.92 Å². The standard InChI is InChI=1S/C11H19NO4/c1-3-8(2)6-10(13)12-4-5-16-7-9(12)11(14)15/h8-9H,3-7H2,1-2H3,(H,14,15). The van der Waals surface area contributed by atoms with Gasteiger partial charge in [-0.2, -0.15) is 0 Å². The SMILES string of the molecule is CCC(C)CC(=O)N1CCOCC1C(=O)O. The zero-order chi connectivity index (χ0) is 12.1. The van der Waals surface area contributed by atoms with E-state index in [4.69, 9.17) is 9.84 Å². The summed E-state index contributed by atoms with van der Waals surface area (Å²) in [4.78, 5) is 24.3. The number of hydrogen-bond acceptors (Lipinski definition) is 3. The van der Waals surface area contributed by atoms with Gasteiger partial charge in [0, 0.05) is 13.0 Å². The molecular formula is C11H19NO4. The van der Waals surface area contributed by atoms with E-state index in [1.54, 1.807) is 0 Å². The summed E-state index contributed by atoms with van der Waals surface area (Å²) in [5, 5.41) is 8.97. The van der Waals surface area contributed by atoms with Gasteiger partial charge in [-0.1, -0.05) is 20.3 Å². The quantitative estimate of drug-likeness (QED) is 0.772. The Labute approximate surface area is 95.4 Å². The maximum absolute atomic E-state index is 11.9. The summed E-state index contributed by atoms with van der Waals surface area (Å²) in [6.45, 7) is 4.92. The lowest BCUT2D eigenvalue weighted by atomic mass is 10.0. The number of carboxylic acid groups (broad SMARTS) is 1. The Morgan fingerprint density at radius 3 is 2.81 bits per heavy atom. The van der Waals surface area contributed by atoms with Gasteiger partial charge >= 0.3 is 5.97 Å². The maximum Gasteiger partial charge on any atom is 0.328 e. The van der Waals surface area contributed by atoms with Crippen LogP contribution in [0.5, 0.6) is 0 Å². The zero-order valence-corrected chi connectivity index (χ0v) is 9.81. The van der Waals surface area contributed by atoms with Crippen LogP contribution in [0.1, 0.15) is 26.7 Å². The molecule has 16 heavy (non-hydrogen) atoms. The molecule has 0 spiro atoms. The highest BCUT2D eigenvalue weighted by Gasteiger charge is 2.32. The molecule has 0 aromatic carbocycles. The number of nitrogens with zero attached hydrogens (tertiary/aromatic N) is 1. The molecule has 2 unspecified atom stereocenters. The first-order valence-electron chi connectivity index (χ1n) is 5.66. The Morgan fingerprint density at radius 2 is 2.25 bits per heavy atom. The van der Waals surface area contributed by atoms with Crippen LogP contribution in [0, 0.1) is 5.92 Å². The number of carbonyl (C=O) groups is 2. The lowest BCUT2D eigenvalue weighted by molar-refractivity contribution is -0.158. The summed E-state index contributed by atoms with van der Waals surface area (Å²) in [5.74, 6) is -0.771. The van der Waals surface area contributed by atoms with E-state index in [2.05, 4.69) is 0 Å². The van der Waals surface area contributed by atoms with Crippen molar-refractivity contribution in [3.8, 4) is 0 Å². The van der Waals surface area contributed by atoms with Gasteiger partial charge in [0.05, 0.1) is 13.2 Å². The molecule has 1 N–H and O–H groups in total. The van der Waals surface area contributed by atoms with Crippen LogP contribution in [-0.2, 0) is 14.3 Å². The number of aliphatic carboxylic acids is 1. The number of rotatable bonds is 4. The second-order valence-electron chi connectivity index (χ2n) is 4.23. The third-order valence-corrected chi connectivity index (χ3v) is 2.95. The van der Waals surface area contributed by atoms with Crippen LogP contribution in [0.2, 0.25) is 0 Å². The second-order valence-corrected chi connectivity index (χ2v) is 4.23. The van der Waals surface area contributed by atoms with Gasteiger partial charge in [0.1, 0.15) is 0 Å². The van der Waals surface area contributed by atoms with Crippen molar-refractivity contribution in [2.75, 3.05) is 19.8 Å². The van der Waals surface area contributed by atoms with Crippen molar-refractivity contribution in [3.63, 3.8) is 0 Å². The predicted octanol–water partition coefficient (Wildman–Crippen LogP) is 0.735. The van der Waals surface area contributed by atoms with Gasteiger partial charge in [0.2, 0.25) is 5.91 Å². The molecule has 1 heterocycles. The van der Waals surface area contributed by atoms with Gasteiger partial charge in [-0.3, -0.25) is 4.79 Å². The fourth-order valence-electron chi connectivity index (χ4n) is 1.67. The average molecular weight is 229 g/mol. The summed E-state index contributed by atoms with van der Waals surface area (Å²) in [7, 11) is 0. The highest BCUT2D eigenvalue weighted by atomic mass is 16.5. The average Bonchev–Trinajstić information content (AvgIpc) is 2.28. The predicted molar refractivity (Wildman–Crippen MR) is 58.0 cm³/mol. The van der Waals surface area contributed by atoms with Gasteiger partial charge in [0.15, 0.2) is 6.04 Å². The number of carboxylic acids is 1. The highest BCUT2D eigenvalue weighted by molar-refractivity contribution is 5.84. The Balaban J connectivity index is 2.60. The first kappa shape index (κ1) is 13.0. The zero-order valence-electron chi connectivity index (χ0n) is 9.81. The first-order valence-corrected chi connectivity index (χ1v) is 5.66. The van der Waals surface area contributed by atoms with E-state index in [1.807, 2.05) is 13.8 Å². The molecule has 5 heteroatoms. The van der Waals surface area contributed by atoms with Crippen LogP contribution in [0.25, 0.3) is 0 Å². The maximum atomic E-state index is 11.9. The van der Waals surface area contributed by atoms with E-state index in [0.29, 0.717) is 25.5 Å². The normalized spacial score (nSPS) is 22.9. The molecular weight excluding hydrogens is 210 g/mol. The van der Waals surface area contributed by atoms with E-state index in [0.717, 1.165) is 6.42 Å². The van der Waals surface area contributed by atoms with Crippen molar-refractivity contribution in [1.29, 1.82) is 0 Å². The molecule has 0 aromatic rings. The Kier molecular flexibility index (Phi) is 4.73. The van der Waals surface area contributed by atoms with Crippen LogP contribution in [0.3, 0.4) is 0 Å². The number of amides is 1. The van der Waals surface area contributed by atoms with Crippen LogP contribution in [0.4, 0.5) is 0 Å². The topological polar surface area (TPSA) is 66.8 Å². The van der Waals surface area contributed by atoms with Crippen LogP contribution in [0.15, 0.2) is 0 Å². The summed E-state index contributed by atoms with van der Waals surface area (Å²) in [6.07, 6.45) is 1.34.